The summed E-state index contributed by atoms with van der Waals surface area (Å²) in [5.41, 5.74) is 2.26. The summed E-state index contributed by atoms with van der Waals surface area (Å²) in [5.74, 6) is 0.0879. The number of rotatable bonds is 4. The molecule has 1 saturated heterocycles. The number of likely N-dealkylation sites (tertiary alicyclic amines) is 1. The number of nitrogens with one attached hydrogen (secondary N) is 1. The summed E-state index contributed by atoms with van der Waals surface area (Å²) in [7, 11) is 0. The van der Waals surface area contributed by atoms with Crippen molar-refractivity contribution < 1.29 is 9.59 Å². The smallest absolute Gasteiger partial charge is 0.223 e. The van der Waals surface area contributed by atoms with Gasteiger partial charge in [0.1, 0.15) is 6.29 Å². The maximum Gasteiger partial charge on any atom is 0.223 e. The molecule has 2 heterocycles. The van der Waals surface area contributed by atoms with Crippen LogP contribution in [0.4, 0.5) is 0 Å². The molecule has 1 aromatic carbocycles. The van der Waals surface area contributed by atoms with Gasteiger partial charge in [0.2, 0.25) is 5.91 Å². The first kappa shape index (κ1) is 12.9. The summed E-state index contributed by atoms with van der Waals surface area (Å²) in [6.45, 7) is 0.718. The van der Waals surface area contributed by atoms with Gasteiger partial charge in [-0.1, -0.05) is 18.2 Å². The largest absolute Gasteiger partial charge is 0.361 e. The van der Waals surface area contributed by atoms with Gasteiger partial charge in [0.15, 0.2) is 0 Å². The van der Waals surface area contributed by atoms with Crippen molar-refractivity contribution >= 4 is 23.1 Å². The average Bonchev–Trinajstić information content (AvgIpc) is 3.11. The number of H-pyrrole nitrogens is 1. The minimum absolute atomic E-state index is 0.0879. The molecule has 1 atom stereocenters. The molecule has 0 radical (unpaired) electrons. The lowest BCUT2D eigenvalue weighted by molar-refractivity contribution is -0.134. The van der Waals surface area contributed by atoms with Gasteiger partial charge < -0.3 is 14.7 Å². The molecule has 0 spiro atoms. The molecule has 1 N–H and O–H groups in total. The monoisotopic (exact) mass is 270 g/mol. The number of amides is 1. The molecule has 1 aliphatic heterocycles. The number of aromatic amines is 1. The van der Waals surface area contributed by atoms with E-state index in [4.69, 9.17) is 0 Å². The van der Waals surface area contributed by atoms with Crippen LogP contribution in [0.3, 0.4) is 0 Å². The van der Waals surface area contributed by atoms with E-state index in [1.807, 2.05) is 24.4 Å². The lowest BCUT2D eigenvalue weighted by Gasteiger charge is -2.20. The lowest BCUT2D eigenvalue weighted by atomic mass is 10.1. The van der Waals surface area contributed by atoms with Gasteiger partial charge in [-0.25, -0.2) is 0 Å². The Kier molecular flexibility index (Phi) is 3.54. The summed E-state index contributed by atoms with van der Waals surface area (Å²) in [5, 5.41) is 1.17. The van der Waals surface area contributed by atoms with Crippen LogP contribution in [0.2, 0.25) is 0 Å². The van der Waals surface area contributed by atoms with E-state index in [9.17, 15) is 9.59 Å². The number of hydrogen-bond acceptors (Lipinski definition) is 2. The van der Waals surface area contributed by atoms with Crippen molar-refractivity contribution in [1.29, 1.82) is 0 Å². The van der Waals surface area contributed by atoms with E-state index in [0.717, 1.165) is 36.8 Å². The van der Waals surface area contributed by atoms with Crippen molar-refractivity contribution in [2.45, 2.75) is 31.7 Å². The molecule has 2 aromatic rings. The van der Waals surface area contributed by atoms with Gasteiger partial charge in [0, 0.05) is 30.1 Å². The molecule has 1 fully saturated rings. The molecule has 1 amide bonds. The number of hydrogen-bond donors (Lipinski definition) is 1. The molecule has 1 aliphatic rings. The van der Waals surface area contributed by atoms with Gasteiger partial charge in [-0.05, 0) is 30.9 Å². The second-order valence-electron chi connectivity index (χ2n) is 5.29. The minimum atomic E-state index is -0.203. The Morgan fingerprint density at radius 2 is 2.25 bits per heavy atom. The third kappa shape index (κ3) is 2.33. The molecular weight excluding hydrogens is 252 g/mol. The summed E-state index contributed by atoms with van der Waals surface area (Å²) >= 11 is 0. The minimum Gasteiger partial charge on any atom is -0.361 e. The third-order valence-corrected chi connectivity index (χ3v) is 4.06. The third-order valence-electron chi connectivity index (χ3n) is 4.06. The van der Waals surface area contributed by atoms with Gasteiger partial charge in [0.05, 0.1) is 6.04 Å². The lowest BCUT2D eigenvalue weighted by Crippen LogP contribution is -2.36. The van der Waals surface area contributed by atoms with E-state index < -0.39 is 0 Å². The molecule has 4 heteroatoms. The maximum absolute atomic E-state index is 12.2. The highest BCUT2D eigenvalue weighted by molar-refractivity contribution is 5.85. The van der Waals surface area contributed by atoms with Crippen LogP contribution in [-0.2, 0) is 16.0 Å². The van der Waals surface area contributed by atoms with Crippen molar-refractivity contribution in [3.63, 3.8) is 0 Å². The fraction of sp³-hybridized carbons (Fsp3) is 0.375. The van der Waals surface area contributed by atoms with Crippen LogP contribution in [0.15, 0.2) is 30.5 Å². The van der Waals surface area contributed by atoms with Crippen LogP contribution >= 0.6 is 0 Å². The standard InChI is InChI=1S/C16H18N2O2/c19-11-13-4-3-9-18(13)16(20)8-7-12-10-17-15-6-2-1-5-14(12)15/h1-2,5-6,10-11,13,17H,3-4,7-9H2/t13-/m0/s1. The van der Waals surface area contributed by atoms with Crippen LogP contribution in [-0.4, -0.2) is 34.7 Å². The molecule has 1 aromatic heterocycles. The Balaban J connectivity index is 1.67. The zero-order chi connectivity index (χ0) is 13.9. The number of benzene rings is 1. The number of aldehydes is 1. The van der Waals surface area contributed by atoms with Crippen molar-refractivity contribution in [3.8, 4) is 0 Å². The second-order valence-corrected chi connectivity index (χ2v) is 5.29. The van der Waals surface area contributed by atoms with E-state index >= 15 is 0 Å². The zero-order valence-corrected chi connectivity index (χ0v) is 11.3. The highest BCUT2D eigenvalue weighted by atomic mass is 16.2. The molecule has 0 aliphatic carbocycles. The maximum atomic E-state index is 12.2. The van der Waals surface area contributed by atoms with Crippen molar-refractivity contribution in [2.24, 2.45) is 0 Å². The van der Waals surface area contributed by atoms with E-state index in [-0.39, 0.29) is 11.9 Å². The first-order valence-corrected chi connectivity index (χ1v) is 7.09. The summed E-state index contributed by atoms with van der Waals surface area (Å²) in [4.78, 5) is 28.1. The molecule has 0 saturated carbocycles. The van der Waals surface area contributed by atoms with E-state index in [1.165, 1.54) is 5.39 Å². The highest BCUT2D eigenvalue weighted by Gasteiger charge is 2.27. The SMILES string of the molecule is O=C[C@@H]1CCCN1C(=O)CCc1c[nH]c2ccccc12. The van der Waals surface area contributed by atoms with Gasteiger partial charge in [-0.3, -0.25) is 4.79 Å². The summed E-state index contributed by atoms with van der Waals surface area (Å²) < 4.78 is 0. The number of aryl methyl sites for hydroxylation is 1. The molecular formula is C16H18N2O2. The number of carbonyl (C=O) groups excluding carboxylic acids is 2. The Labute approximate surface area is 117 Å². The first-order valence-electron chi connectivity index (χ1n) is 7.09. The van der Waals surface area contributed by atoms with Gasteiger partial charge in [-0.15, -0.1) is 0 Å². The predicted octanol–water partition coefficient (Wildman–Crippen LogP) is 2.29. The average molecular weight is 270 g/mol. The normalized spacial score (nSPS) is 18.6. The molecule has 0 unspecified atom stereocenters. The summed E-state index contributed by atoms with van der Waals surface area (Å²) in [6.07, 6.45) is 5.79. The van der Waals surface area contributed by atoms with Gasteiger partial charge in [-0.2, -0.15) is 0 Å². The van der Waals surface area contributed by atoms with Crippen molar-refractivity contribution in [3.05, 3.63) is 36.0 Å². The van der Waals surface area contributed by atoms with Crippen LogP contribution in [0.5, 0.6) is 0 Å². The Morgan fingerprint density at radius 3 is 3.10 bits per heavy atom. The van der Waals surface area contributed by atoms with Crippen LogP contribution in [0, 0.1) is 0 Å². The zero-order valence-electron chi connectivity index (χ0n) is 11.3. The topological polar surface area (TPSA) is 53.2 Å². The summed E-state index contributed by atoms with van der Waals surface area (Å²) in [6, 6.07) is 7.89. The number of carbonyl (C=O) groups is 2. The fourth-order valence-corrected chi connectivity index (χ4v) is 2.97. The number of para-hydroxylation sites is 1. The predicted molar refractivity (Wildman–Crippen MR) is 77.4 cm³/mol. The van der Waals surface area contributed by atoms with Crippen molar-refractivity contribution in [2.75, 3.05) is 6.54 Å². The van der Waals surface area contributed by atoms with E-state index in [1.54, 1.807) is 4.90 Å². The molecule has 20 heavy (non-hydrogen) atoms. The van der Waals surface area contributed by atoms with E-state index in [2.05, 4.69) is 11.1 Å². The fourth-order valence-electron chi connectivity index (χ4n) is 2.97. The molecule has 0 bridgehead atoms. The Hall–Kier alpha value is -2.10. The van der Waals surface area contributed by atoms with Gasteiger partial charge >= 0.3 is 0 Å². The van der Waals surface area contributed by atoms with Crippen molar-refractivity contribution in [1.82, 2.24) is 9.88 Å². The van der Waals surface area contributed by atoms with Crippen LogP contribution in [0.25, 0.3) is 10.9 Å². The Morgan fingerprint density at radius 1 is 1.40 bits per heavy atom. The highest BCUT2D eigenvalue weighted by Crippen LogP contribution is 2.21. The number of aromatic nitrogens is 1. The number of fused-ring (bicyclic) bond motifs is 1. The quantitative estimate of drug-likeness (QED) is 0.867. The molecule has 104 valence electrons. The first-order chi connectivity index (χ1) is 9.79. The number of nitrogens with zero attached hydrogens (tertiary/aromatic N) is 1. The van der Waals surface area contributed by atoms with Crippen LogP contribution < -0.4 is 0 Å². The van der Waals surface area contributed by atoms with Gasteiger partial charge in [0.25, 0.3) is 0 Å². The van der Waals surface area contributed by atoms with E-state index in [0.29, 0.717) is 12.8 Å². The Bertz CT molecular complexity index is 632. The molecule has 3 rings (SSSR count). The second kappa shape index (κ2) is 5.49. The van der Waals surface area contributed by atoms with Crippen LogP contribution in [0.1, 0.15) is 24.8 Å². The molecule has 4 nitrogen and oxygen atoms in total.